The largest absolute Gasteiger partial charge is 0.423 e. The first-order chi connectivity index (χ1) is 23.0. The third-order valence-electron chi connectivity index (χ3n) is 9.56. The maximum atomic E-state index is 13.0. The van der Waals surface area contributed by atoms with E-state index in [1.54, 1.807) is 0 Å². The molecule has 0 saturated carbocycles. The average molecular weight is 638 g/mol. The van der Waals surface area contributed by atoms with Crippen molar-refractivity contribution in [2.75, 3.05) is 92.9 Å². The minimum atomic E-state index is -0.125. The molecule has 3 fully saturated rings. The highest BCUT2D eigenvalue weighted by molar-refractivity contribution is 5.89. The van der Waals surface area contributed by atoms with Crippen LogP contribution in [0.25, 0.3) is 11.5 Å². The number of hydrogen-bond donors (Lipinski definition) is 2. The predicted molar refractivity (Wildman–Crippen MR) is 183 cm³/mol. The summed E-state index contributed by atoms with van der Waals surface area (Å²) in [4.78, 5) is 34.1. The summed E-state index contributed by atoms with van der Waals surface area (Å²) in [6.07, 6.45) is 5.60. The lowest BCUT2D eigenvalue weighted by Gasteiger charge is -2.42. The number of carbonyl (C=O) groups is 1. The van der Waals surface area contributed by atoms with Gasteiger partial charge >= 0.3 is 6.03 Å². The number of aryl methyl sites for hydroxylation is 1. The van der Waals surface area contributed by atoms with Crippen LogP contribution in [-0.2, 0) is 0 Å². The van der Waals surface area contributed by atoms with E-state index in [0.717, 1.165) is 35.7 Å². The topological polar surface area (TPSA) is 122 Å². The van der Waals surface area contributed by atoms with Gasteiger partial charge in [-0.2, -0.15) is 4.98 Å². The molecular formula is C34H43N11O2. The van der Waals surface area contributed by atoms with Gasteiger partial charge in [0.2, 0.25) is 18.2 Å². The number of amides is 2. The quantitative estimate of drug-likeness (QED) is 0.304. The standard InChI is InChI=1S/C34H43N11O2/c1-25-23-35-33(37-27-7-9-29(10-8-27)42-13-11-30(12-14-42)43-17-15-41(2)16-18-43)39-31(25)44-19-21-45(22-20-44)34(46)38-28-5-3-26(4-6-28)32-40-36-24-47-32/h3-10,23-24,30H,11-22H2,1-2H3,(H,38,46)(H,35,37,39). The van der Waals surface area contributed by atoms with E-state index in [9.17, 15) is 4.79 Å². The van der Waals surface area contributed by atoms with E-state index in [1.807, 2.05) is 42.3 Å². The maximum Gasteiger partial charge on any atom is 0.321 e. The van der Waals surface area contributed by atoms with Crippen LogP contribution in [0.4, 0.5) is 33.6 Å². The van der Waals surface area contributed by atoms with Crippen molar-refractivity contribution in [3.63, 3.8) is 0 Å². The van der Waals surface area contributed by atoms with Crippen molar-refractivity contribution < 1.29 is 9.21 Å². The van der Waals surface area contributed by atoms with Crippen LogP contribution in [0.15, 0.2) is 65.5 Å². The second-order valence-electron chi connectivity index (χ2n) is 12.7. The van der Waals surface area contributed by atoms with Gasteiger partial charge in [-0.1, -0.05) is 0 Å². The zero-order valence-corrected chi connectivity index (χ0v) is 27.2. The molecule has 2 aromatic carbocycles. The summed E-state index contributed by atoms with van der Waals surface area (Å²) >= 11 is 0. The molecule has 246 valence electrons. The highest BCUT2D eigenvalue weighted by atomic mass is 16.4. The number of anilines is 5. The van der Waals surface area contributed by atoms with Gasteiger partial charge in [0.25, 0.3) is 0 Å². The summed E-state index contributed by atoms with van der Waals surface area (Å²) in [5, 5.41) is 14.0. The van der Waals surface area contributed by atoms with E-state index in [4.69, 9.17) is 9.40 Å². The molecule has 47 heavy (non-hydrogen) atoms. The second-order valence-corrected chi connectivity index (χ2v) is 12.7. The van der Waals surface area contributed by atoms with E-state index in [2.05, 4.69) is 76.7 Å². The van der Waals surface area contributed by atoms with E-state index < -0.39 is 0 Å². The Morgan fingerprint density at radius 2 is 1.53 bits per heavy atom. The lowest BCUT2D eigenvalue weighted by atomic mass is 10.0. The fourth-order valence-electron chi connectivity index (χ4n) is 6.69. The Morgan fingerprint density at radius 3 is 2.21 bits per heavy atom. The van der Waals surface area contributed by atoms with Crippen molar-refractivity contribution in [1.82, 2.24) is 34.9 Å². The molecule has 3 saturated heterocycles. The first-order valence-corrected chi connectivity index (χ1v) is 16.5. The Kier molecular flexibility index (Phi) is 9.16. The Bertz CT molecular complexity index is 1610. The molecule has 0 atom stereocenters. The van der Waals surface area contributed by atoms with Gasteiger partial charge in [0.15, 0.2) is 0 Å². The number of likely N-dealkylation sites (N-methyl/N-ethyl adjacent to an activating group) is 1. The normalized spacial score (nSPS) is 18.4. The van der Waals surface area contributed by atoms with E-state index in [0.29, 0.717) is 49.7 Å². The van der Waals surface area contributed by atoms with Crippen molar-refractivity contribution >= 4 is 34.9 Å². The van der Waals surface area contributed by atoms with Crippen LogP contribution < -0.4 is 20.4 Å². The lowest BCUT2D eigenvalue weighted by molar-refractivity contribution is 0.0982. The average Bonchev–Trinajstić information content (AvgIpc) is 3.66. The number of carbonyl (C=O) groups excluding carboxylic acids is 1. The van der Waals surface area contributed by atoms with Gasteiger partial charge in [-0.3, -0.25) is 4.90 Å². The summed E-state index contributed by atoms with van der Waals surface area (Å²) in [6.45, 7) is 11.5. The smallest absolute Gasteiger partial charge is 0.321 e. The molecule has 7 rings (SSSR count). The summed E-state index contributed by atoms with van der Waals surface area (Å²) in [6, 6.07) is 16.6. The highest BCUT2D eigenvalue weighted by Gasteiger charge is 2.27. The van der Waals surface area contributed by atoms with E-state index in [1.165, 1.54) is 51.1 Å². The summed E-state index contributed by atoms with van der Waals surface area (Å²) in [5.41, 5.74) is 4.74. The lowest BCUT2D eigenvalue weighted by Crippen LogP contribution is -2.52. The molecule has 5 heterocycles. The Hall–Kier alpha value is -4.75. The Morgan fingerprint density at radius 1 is 0.830 bits per heavy atom. The number of piperidine rings is 1. The Balaban J connectivity index is 0.897. The van der Waals surface area contributed by atoms with Crippen LogP contribution >= 0.6 is 0 Å². The number of benzene rings is 2. The fraction of sp³-hybridized carbons (Fsp3) is 0.441. The van der Waals surface area contributed by atoms with Crippen LogP contribution in [0.1, 0.15) is 18.4 Å². The number of urea groups is 1. The molecule has 0 bridgehead atoms. The molecule has 3 aliphatic rings. The minimum absolute atomic E-state index is 0.125. The number of hydrogen-bond acceptors (Lipinski definition) is 11. The van der Waals surface area contributed by atoms with Gasteiger partial charge in [0.05, 0.1) is 0 Å². The maximum absolute atomic E-state index is 13.0. The minimum Gasteiger partial charge on any atom is -0.423 e. The van der Waals surface area contributed by atoms with Crippen molar-refractivity contribution in [1.29, 1.82) is 0 Å². The molecule has 0 spiro atoms. The molecule has 0 radical (unpaired) electrons. The molecule has 13 nitrogen and oxygen atoms in total. The summed E-state index contributed by atoms with van der Waals surface area (Å²) in [5.74, 6) is 1.90. The van der Waals surface area contributed by atoms with Crippen LogP contribution in [0.5, 0.6) is 0 Å². The Labute approximate surface area is 275 Å². The molecule has 2 aromatic heterocycles. The highest BCUT2D eigenvalue weighted by Crippen LogP contribution is 2.27. The van der Waals surface area contributed by atoms with Gasteiger partial charge in [0.1, 0.15) is 5.82 Å². The van der Waals surface area contributed by atoms with Crippen molar-refractivity contribution in [2.45, 2.75) is 25.8 Å². The molecule has 0 aliphatic carbocycles. The molecule has 2 amide bonds. The molecule has 4 aromatic rings. The summed E-state index contributed by atoms with van der Waals surface area (Å²) < 4.78 is 5.23. The SMILES string of the molecule is Cc1cnc(Nc2ccc(N3CCC(N4CCN(C)CC4)CC3)cc2)nc1N1CCN(C(=O)Nc2ccc(-c3nnco3)cc2)CC1. The zero-order chi connectivity index (χ0) is 32.2. The second kappa shape index (κ2) is 13.9. The van der Waals surface area contributed by atoms with Crippen molar-refractivity contribution in [3.05, 3.63) is 66.7 Å². The van der Waals surface area contributed by atoms with E-state index >= 15 is 0 Å². The van der Waals surface area contributed by atoms with Gasteiger partial charge in [-0.05, 0) is 75.3 Å². The predicted octanol–water partition coefficient (Wildman–Crippen LogP) is 4.15. The first-order valence-electron chi connectivity index (χ1n) is 16.5. The number of rotatable bonds is 7. The van der Waals surface area contributed by atoms with E-state index in [-0.39, 0.29) is 6.03 Å². The van der Waals surface area contributed by atoms with Gasteiger partial charge in [0, 0.05) is 106 Å². The third kappa shape index (κ3) is 7.31. The van der Waals surface area contributed by atoms with Crippen LogP contribution in [-0.4, -0.2) is 119 Å². The molecular weight excluding hydrogens is 594 g/mol. The molecule has 13 heteroatoms. The van der Waals surface area contributed by atoms with Crippen LogP contribution in [0.2, 0.25) is 0 Å². The fourth-order valence-corrected chi connectivity index (χ4v) is 6.69. The molecule has 0 unspecified atom stereocenters. The van der Waals surface area contributed by atoms with Crippen molar-refractivity contribution in [3.8, 4) is 11.5 Å². The van der Waals surface area contributed by atoms with Gasteiger partial charge in [-0.25, -0.2) is 9.78 Å². The summed E-state index contributed by atoms with van der Waals surface area (Å²) in [7, 11) is 2.22. The zero-order valence-electron chi connectivity index (χ0n) is 27.2. The first kappa shape index (κ1) is 30.9. The number of piperazine rings is 2. The number of aromatic nitrogens is 4. The number of nitrogens with one attached hydrogen (secondary N) is 2. The van der Waals surface area contributed by atoms with Gasteiger partial charge in [-0.15, -0.1) is 10.2 Å². The van der Waals surface area contributed by atoms with Gasteiger partial charge < -0.3 is 34.7 Å². The molecule has 3 aliphatic heterocycles. The van der Waals surface area contributed by atoms with Crippen LogP contribution in [0, 0.1) is 6.92 Å². The molecule has 2 N–H and O–H groups in total. The monoisotopic (exact) mass is 637 g/mol. The third-order valence-corrected chi connectivity index (χ3v) is 9.56. The number of nitrogens with zero attached hydrogens (tertiary/aromatic N) is 9. The van der Waals surface area contributed by atoms with Crippen LogP contribution in [0.3, 0.4) is 0 Å². The van der Waals surface area contributed by atoms with Crippen molar-refractivity contribution in [2.24, 2.45) is 0 Å².